The minimum absolute atomic E-state index is 0.0666. The van der Waals surface area contributed by atoms with Crippen LogP contribution in [-0.2, 0) is 20.2 Å². The lowest BCUT2D eigenvalue weighted by Gasteiger charge is -2.29. The Hall–Kier alpha value is -1.82. The topological polar surface area (TPSA) is 147 Å². The number of hydrogen-bond acceptors (Lipinski definition) is 6. The predicted octanol–water partition coefficient (Wildman–Crippen LogP) is 2.57. The molecule has 8 nitrogen and oxygen atoms in total. The molecule has 1 heterocycles. The first-order chi connectivity index (χ1) is 13.7. The molecular weight excluding hydrogens is 428 g/mol. The molecule has 0 atom stereocenters. The van der Waals surface area contributed by atoms with Crippen LogP contribution < -0.4 is 11.1 Å². The molecule has 1 aliphatic heterocycles. The van der Waals surface area contributed by atoms with Crippen molar-refractivity contribution >= 4 is 20.2 Å². The molecule has 1 aliphatic rings. The first kappa shape index (κ1) is 26.2. The second-order valence-electron chi connectivity index (χ2n) is 7.48. The molecule has 0 aromatic heterocycles. The van der Waals surface area contributed by atoms with Gasteiger partial charge in [-0.25, -0.2) is 0 Å². The van der Waals surface area contributed by atoms with Crippen LogP contribution in [0.4, 0.5) is 0 Å². The molecule has 0 bridgehead atoms. The van der Waals surface area contributed by atoms with Gasteiger partial charge in [0.1, 0.15) is 0 Å². The van der Waals surface area contributed by atoms with E-state index in [1.54, 1.807) is 24.3 Å². The molecule has 0 saturated carbocycles. The molecule has 0 unspecified atom stereocenters. The van der Waals surface area contributed by atoms with Crippen LogP contribution in [0.5, 0.6) is 0 Å². The van der Waals surface area contributed by atoms with Gasteiger partial charge in [-0.15, -0.1) is 0 Å². The monoisotopic (exact) mass is 458 g/mol. The first-order valence-electron chi connectivity index (χ1n) is 9.29. The zero-order valence-corrected chi connectivity index (χ0v) is 19.0. The molecule has 168 valence electrons. The van der Waals surface area contributed by atoms with E-state index in [1.165, 1.54) is 24.3 Å². The maximum Gasteiger partial charge on any atom is 0.294 e. The van der Waals surface area contributed by atoms with Crippen molar-refractivity contribution in [3.05, 3.63) is 59.7 Å². The highest BCUT2D eigenvalue weighted by Crippen LogP contribution is 2.12. The van der Waals surface area contributed by atoms with Crippen molar-refractivity contribution in [2.45, 2.75) is 48.9 Å². The maximum absolute atomic E-state index is 10.5. The molecule has 2 aromatic carbocycles. The summed E-state index contributed by atoms with van der Waals surface area (Å²) in [6.45, 7) is 7.98. The molecule has 0 amide bonds. The largest absolute Gasteiger partial charge is 0.325 e. The smallest absolute Gasteiger partial charge is 0.294 e. The number of aryl methyl sites for hydroxylation is 2. The molecular formula is C20H30N2O6S2. The third-order valence-corrected chi connectivity index (χ3v) is 6.12. The van der Waals surface area contributed by atoms with Crippen LogP contribution in [0.3, 0.4) is 0 Å². The summed E-state index contributed by atoms with van der Waals surface area (Å²) in [5.74, 6) is 0. The SMILES string of the molecule is CC1(N)CCNCC1.Cc1ccc(S(=O)(=O)O)cc1.Cc1ccc(S(=O)(=O)O)cc1. The summed E-state index contributed by atoms with van der Waals surface area (Å²) in [6.07, 6.45) is 2.24. The van der Waals surface area contributed by atoms with Gasteiger partial charge in [-0.3, -0.25) is 9.11 Å². The van der Waals surface area contributed by atoms with Gasteiger partial charge in [0.05, 0.1) is 9.79 Å². The second kappa shape index (κ2) is 11.0. The van der Waals surface area contributed by atoms with Crippen LogP contribution in [0.1, 0.15) is 30.9 Å². The van der Waals surface area contributed by atoms with E-state index in [0.717, 1.165) is 37.1 Å². The Balaban J connectivity index is 0.000000228. The van der Waals surface area contributed by atoms with Crippen LogP contribution in [0, 0.1) is 13.8 Å². The Labute approximate surface area is 179 Å². The van der Waals surface area contributed by atoms with Gasteiger partial charge < -0.3 is 11.1 Å². The third kappa shape index (κ3) is 10.3. The second-order valence-corrected chi connectivity index (χ2v) is 10.3. The van der Waals surface area contributed by atoms with Crippen molar-refractivity contribution in [2.75, 3.05) is 13.1 Å². The Morgan fingerprint density at radius 2 is 1.07 bits per heavy atom. The zero-order chi connectivity index (χ0) is 23.0. The molecule has 0 aliphatic carbocycles. The number of rotatable bonds is 2. The first-order valence-corrected chi connectivity index (χ1v) is 12.2. The fourth-order valence-electron chi connectivity index (χ4n) is 2.42. The zero-order valence-electron chi connectivity index (χ0n) is 17.4. The summed E-state index contributed by atoms with van der Waals surface area (Å²) < 4.78 is 59.1. The number of benzene rings is 2. The lowest BCUT2D eigenvalue weighted by Crippen LogP contribution is -2.46. The van der Waals surface area contributed by atoms with Crippen LogP contribution in [0.15, 0.2) is 58.3 Å². The van der Waals surface area contributed by atoms with Crippen LogP contribution in [0.25, 0.3) is 0 Å². The highest BCUT2D eigenvalue weighted by Gasteiger charge is 2.20. The number of piperidine rings is 1. The van der Waals surface area contributed by atoms with Crippen molar-refractivity contribution in [3.63, 3.8) is 0 Å². The fourth-order valence-corrected chi connectivity index (χ4v) is 3.38. The summed E-state index contributed by atoms with van der Waals surface area (Å²) in [6, 6.07) is 12.0. The average molecular weight is 459 g/mol. The standard InChI is InChI=1S/2C7H8O3S.C6H14N2/c2*1-6-2-4-7(5-3-6)11(8,9)10;1-6(7)2-4-8-5-3-6/h2*2-5H,1H3,(H,8,9,10);8H,2-5,7H2,1H3. The molecule has 30 heavy (non-hydrogen) atoms. The van der Waals surface area contributed by atoms with Gasteiger partial charge >= 0.3 is 0 Å². The Morgan fingerprint density at radius 3 is 1.27 bits per heavy atom. The van der Waals surface area contributed by atoms with E-state index in [1.807, 2.05) is 13.8 Å². The third-order valence-electron chi connectivity index (χ3n) is 4.38. The summed E-state index contributed by atoms with van der Waals surface area (Å²) in [5.41, 5.74) is 7.87. The normalized spacial score (nSPS) is 15.8. The van der Waals surface area contributed by atoms with Crippen LogP contribution in [-0.4, -0.2) is 44.6 Å². The van der Waals surface area contributed by atoms with Crippen molar-refractivity contribution in [3.8, 4) is 0 Å². The summed E-state index contributed by atoms with van der Waals surface area (Å²) >= 11 is 0. The van der Waals surface area contributed by atoms with Gasteiger partial charge in [-0.2, -0.15) is 16.8 Å². The van der Waals surface area contributed by atoms with E-state index < -0.39 is 20.2 Å². The van der Waals surface area contributed by atoms with E-state index in [4.69, 9.17) is 14.8 Å². The van der Waals surface area contributed by atoms with Crippen LogP contribution in [0.2, 0.25) is 0 Å². The molecule has 1 fully saturated rings. The lowest BCUT2D eigenvalue weighted by molar-refractivity contribution is 0.337. The summed E-state index contributed by atoms with van der Waals surface area (Å²) in [5, 5.41) is 3.26. The van der Waals surface area contributed by atoms with Gasteiger partial charge in [0.2, 0.25) is 0 Å². The molecule has 3 rings (SSSR count). The average Bonchev–Trinajstić information content (AvgIpc) is 2.62. The number of hydrogen-bond donors (Lipinski definition) is 4. The molecule has 1 saturated heterocycles. The van der Waals surface area contributed by atoms with Crippen LogP contribution >= 0.6 is 0 Å². The van der Waals surface area contributed by atoms with E-state index >= 15 is 0 Å². The predicted molar refractivity (Wildman–Crippen MR) is 117 cm³/mol. The lowest BCUT2D eigenvalue weighted by atomic mass is 9.92. The quantitative estimate of drug-likeness (QED) is 0.502. The van der Waals surface area contributed by atoms with Crippen molar-refractivity contribution in [1.82, 2.24) is 5.32 Å². The van der Waals surface area contributed by atoms with Gasteiger partial charge in [-0.1, -0.05) is 35.4 Å². The molecule has 2 aromatic rings. The van der Waals surface area contributed by atoms with E-state index in [-0.39, 0.29) is 15.3 Å². The van der Waals surface area contributed by atoms with Crippen molar-refractivity contribution in [1.29, 1.82) is 0 Å². The van der Waals surface area contributed by atoms with Gasteiger partial charge in [-0.05, 0) is 71.0 Å². The Morgan fingerprint density at radius 1 is 0.767 bits per heavy atom. The maximum atomic E-state index is 10.5. The Bertz CT molecular complexity index is 919. The summed E-state index contributed by atoms with van der Waals surface area (Å²) in [4.78, 5) is -0.133. The van der Waals surface area contributed by atoms with Gasteiger partial charge in [0.15, 0.2) is 0 Å². The highest BCUT2D eigenvalue weighted by atomic mass is 32.2. The van der Waals surface area contributed by atoms with E-state index in [9.17, 15) is 16.8 Å². The number of nitrogens with one attached hydrogen (secondary N) is 1. The number of nitrogens with two attached hydrogens (primary N) is 1. The summed E-state index contributed by atoms with van der Waals surface area (Å²) in [7, 11) is -8.04. The Kier molecular flexibility index (Phi) is 9.60. The molecule has 5 N–H and O–H groups in total. The molecule has 10 heteroatoms. The fraction of sp³-hybridized carbons (Fsp3) is 0.400. The molecule has 0 spiro atoms. The molecule has 0 radical (unpaired) electrons. The highest BCUT2D eigenvalue weighted by molar-refractivity contribution is 7.86. The van der Waals surface area contributed by atoms with Gasteiger partial charge in [0, 0.05) is 5.54 Å². The minimum atomic E-state index is -4.02. The van der Waals surface area contributed by atoms with E-state index in [0.29, 0.717) is 0 Å². The van der Waals surface area contributed by atoms with Crippen molar-refractivity contribution < 1.29 is 25.9 Å². The van der Waals surface area contributed by atoms with E-state index in [2.05, 4.69) is 12.2 Å². The minimum Gasteiger partial charge on any atom is -0.325 e. The van der Waals surface area contributed by atoms with Crippen molar-refractivity contribution in [2.24, 2.45) is 5.73 Å². The van der Waals surface area contributed by atoms with Gasteiger partial charge in [0.25, 0.3) is 20.2 Å².